The van der Waals surface area contributed by atoms with Crippen molar-refractivity contribution in [3.05, 3.63) is 71.9 Å². The number of carbonyl (C=O) groups excluding carboxylic acids is 2. The Bertz CT molecular complexity index is 880. The summed E-state index contributed by atoms with van der Waals surface area (Å²) in [4.78, 5) is 23.8. The molecule has 198 valence electrons. The largest absolute Gasteiger partial charge is 0.462 e. The zero-order chi connectivity index (χ0) is 26.5. The summed E-state index contributed by atoms with van der Waals surface area (Å²) in [6.45, 7) is 5.98. The van der Waals surface area contributed by atoms with Gasteiger partial charge in [0.05, 0.1) is 37.6 Å². The van der Waals surface area contributed by atoms with E-state index in [9.17, 15) is 18.4 Å². The van der Waals surface area contributed by atoms with Crippen molar-refractivity contribution in [3.8, 4) is 0 Å². The Balaban J connectivity index is 1.89. The molecule has 0 radical (unpaired) electrons. The van der Waals surface area contributed by atoms with Gasteiger partial charge >= 0.3 is 11.9 Å². The molecule has 0 aliphatic heterocycles. The van der Waals surface area contributed by atoms with Crippen LogP contribution in [0.1, 0.15) is 55.6 Å². The Morgan fingerprint density at radius 1 is 0.944 bits per heavy atom. The molecule has 0 amide bonds. The molecule has 1 aromatic rings. The number of ether oxygens (including phenoxy) is 2. The van der Waals surface area contributed by atoms with Gasteiger partial charge < -0.3 is 19.7 Å². The topological polar surface area (TPSA) is 93.1 Å². The zero-order valence-electron chi connectivity index (χ0n) is 20.6. The van der Waals surface area contributed by atoms with Crippen LogP contribution in [0.2, 0.25) is 0 Å². The van der Waals surface area contributed by atoms with Crippen molar-refractivity contribution >= 4 is 11.9 Å². The van der Waals surface area contributed by atoms with Gasteiger partial charge in [-0.25, -0.2) is 9.59 Å². The highest BCUT2D eigenvalue weighted by Gasteiger charge is 2.26. The molecule has 0 heterocycles. The highest BCUT2D eigenvalue weighted by atomic mass is 19.3. The number of aliphatic hydroxyl groups is 2. The van der Waals surface area contributed by atoms with Crippen molar-refractivity contribution in [1.29, 1.82) is 0 Å². The number of esters is 2. The van der Waals surface area contributed by atoms with Crippen LogP contribution in [0.5, 0.6) is 0 Å². The number of aryl methyl sites for hydroxylation is 1. The minimum absolute atomic E-state index is 0.0274. The van der Waals surface area contributed by atoms with Gasteiger partial charge in [-0.05, 0) is 74.0 Å². The molecule has 0 unspecified atom stereocenters. The van der Waals surface area contributed by atoms with E-state index in [-0.39, 0.29) is 30.3 Å². The molecular weight excluding hydrogens is 470 g/mol. The van der Waals surface area contributed by atoms with E-state index < -0.39 is 31.2 Å². The Kier molecular flexibility index (Phi) is 12.5. The van der Waals surface area contributed by atoms with Crippen LogP contribution in [0.3, 0.4) is 0 Å². The zero-order valence-corrected chi connectivity index (χ0v) is 20.6. The van der Waals surface area contributed by atoms with Crippen LogP contribution < -0.4 is 0 Å². The number of hydrogen-bond acceptors (Lipinski definition) is 6. The maximum atomic E-state index is 12.2. The van der Waals surface area contributed by atoms with Gasteiger partial charge in [0.25, 0.3) is 6.08 Å². The van der Waals surface area contributed by atoms with E-state index in [1.54, 1.807) is 0 Å². The smallest absolute Gasteiger partial charge is 0.335 e. The van der Waals surface area contributed by atoms with Gasteiger partial charge in [-0.15, -0.1) is 0 Å². The lowest BCUT2D eigenvalue weighted by Crippen LogP contribution is -2.26. The third kappa shape index (κ3) is 10.0. The molecule has 1 aromatic carbocycles. The standard InChI is InChI=1S/C28H36F2O6/c1-19(15-31)27(33)35-17-23(18-36-28(34)20(2)16-32)14-22-8-12-25(13-9-22)24-10-6-21(7-11-24)4-3-5-26(29)30/h5-7,10-11,22-23,25,31-32H,1-4,8-9,12-18H2. The molecule has 1 saturated carbocycles. The van der Waals surface area contributed by atoms with Crippen molar-refractivity contribution in [2.75, 3.05) is 26.4 Å². The Labute approximate surface area is 211 Å². The van der Waals surface area contributed by atoms with Gasteiger partial charge in [-0.1, -0.05) is 37.4 Å². The van der Waals surface area contributed by atoms with Crippen LogP contribution in [-0.2, 0) is 25.5 Å². The van der Waals surface area contributed by atoms with Crippen molar-refractivity contribution in [2.45, 2.75) is 50.9 Å². The van der Waals surface area contributed by atoms with E-state index in [1.807, 2.05) is 12.1 Å². The summed E-state index contributed by atoms with van der Waals surface area (Å²) in [6, 6.07) is 8.18. The summed E-state index contributed by atoms with van der Waals surface area (Å²) in [5.74, 6) is -0.820. The van der Waals surface area contributed by atoms with Gasteiger partial charge in [-0.3, -0.25) is 0 Å². The molecule has 1 fully saturated rings. The highest BCUT2D eigenvalue weighted by Crippen LogP contribution is 2.38. The Hall–Kier alpha value is -2.84. The normalized spacial score (nSPS) is 17.4. The summed E-state index contributed by atoms with van der Waals surface area (Å²) >= 11 is 0. The molecule has 1 aliphatic rings. The summed E-state index contributed by atoms with van der Waals surface area (Å²) in [5, 5.41) is 18.1. The summed E-state index contributed by atoms with van der Waals surface area (Å²) in [6.07, 6.45) is 4.82. The first-order chi connectivity index (χ1) is 17.2. The maximum Gasteiger partial charge on any atom is 0.335 e. The lowest BCUT2D eigenvalue weighted by Gasteiger charge is -2.31. The highest BCUT2D eigenvalue weighted by molar-refractivity contribution is 5.88. The molecule has 2 N–H and O–H groups in total. The SMILES string of the molecule is C=C(CO)C(=O)OCC(COC(=O)C(=C)CO)CC1CCC(c2ccc(CCC=C(F)F)cc2)CC1. The number of allylic oxidation sites excluding steroid dienone is 1. The molecule has 0 atom stereocenters. The first-order valence-electron chi connectivity index (χ1n) is 12.2. The Morgan fingerprint density at radius 2 is 1.47 bits per heavy atom. The average Bonchev–Trinajstić information content (AvgIpc) is 2.89. The number of aliphatic hydroxyl groups excluding tert-OH is 2. The fourth-order valence-electron chi connectivity index (χ4n) is 4.41. The van der Waals surface area contributed by atoms with Gasteiger partial charge in [0.1, 0.15) is 0 Å². The van der Waals surface area contributed by atoms with E-state index in [4.69, 9.17) is 19.7 Å². The first-order valence-corrected chi connectivity index (χ1v) is 12.2. The molecule has 1 aliphatic carbocycles. The molecule has 0 bridgehead atoms. The van der Waals surface area contributed by atoms with Crippen LogP contribution in [0.15, 0.2) is 60.7 Å². The molecule has 2 rings (SSSR count). The minimum Gasteiger partial charge on any atom is -0.462 e. The molecule has 0 saturated heterocycles. The number of hydrogen-bond donors (Lipinski definition) is 2. The molecule has 0 aromatic heterocycles. The van der Waals surface area contributed by atoms with Gasteiger partial charge in [0.15, 0.2) is 0 Å². The molecule has 36 heavy (non-hydrogen) atoms. The quantitative estimate of drug-likeness (QED) is 0.276. The third-order valence-corrected chi connectivity index (χ3v) is 6.56. The number of benzene rings is 1. The van der Waals surface area contributed by atoms with Crippen molar-refractivity contribution in [2.24, 2.45) is 11.8 Å². The summed E-state index contributed by atoms with van der Waals surface area (Å²) < 4.78 is 34.9. The lowest BCUT2D eigenvalue weighted by atomic mass is 9.76. The van der Waals surface area contributed by atoms with Gasteiger partial charge in [0.2, 0.25) is 0 Å². The van der Waals surface area contributed by atoms with Crippen molar-refractivity contribution in [3.63, 3.8) is 0 Å². The third-order valence-electron chi connectivity index (χ3n) is 6.56. The minimum atomic E-state index is -1.65. The lowest BCUT2D eigenvalue weighted by molar-refractivity contribution is -0.145. The molecule has 0 spiro atoms. The van der Waals surface area contributed by atoms with Crippen molar-refractivity contribution < 1.29 is 38.1 Å². The average molecular weight is 507 g/mol. The fraction of sp³-hybridized carbons (Fsp3) is 0.500. The van der Waals surface area contributed by atoms with E-state index in [2.05, 4.69) is 25.3 Å². The number of carbonyl (C=O) groups is 2. The van der Waals surface area contributed by atoms with Gasteiger partial charge in [-0.2, -0.15) is 8.78 Å². The monoisotopic (exact) mass is 506 g/mol. The van der Waals surface area contributed by atoms with E-state index in [0.29, 0.717) is 31.1 Å². The van der Waals surface area contributed by atoms with E-state index >= 15 is 0 Å². The van der Waals surface area contributed by atoms with Crippen LogP contribution in [0.25, 0.3) is 0 Å². The second-order valence-corrected chi connectivity index (χ2v) is 9.31. The Morgan fingerprint density at radius 3 is 1.94 bits per heavy atom. The predicted octanol–water partition coefficient (Wildman–Crippen LogP) is 4.86. The second kappa shape index (κ2) is 15.3. The van der Waals surface area contributed by atoms with Crippen LogP contribution in [-0.4, -0.2) is 48.6 Å². The van der Waals surface area contributed by atoms with E-state index in [0.717, 1.165) is 37.3 Å². The van der Waals surface area contributed by atoms with Gasteiger partial charge in [0, 0.05) is 5.92 Å². The number of rotatable bonds is 14. The summed E-state index contributed by atoms with van der Waals surface area (Å²) in [5.41, 5.74) is 2.19. The fourth-order valence-corrected chi connectivity index (χ4v) is 4.41. The van der Waals surface area contributed by atoms with E-state index in [1.165, 1.54) is 5.56 Å². The van der Waals surface area contributed by atoms with Crippen molar-refractivity contribution in [1.82, 2.24) is 0 Å². The molecule has 6 nitrogen and oxygen atoms in total. The summed E-state index contributed by atoms with van der Waals surface area (Å²) in [7, 11) is 0. The molecular formula is C28H36F2O6. The predicted molar refractivity (Wildman–Crippen MR) is 132 cm³/mol. The molecule has 8 heteroatoms. The number of halogens is 2. The first kappa shape index (κ1) is 29.4. The van der Waals surface area contributed by atoms with Crippen LogP contribution in [0.4, 0.5) is 8.78 Å². The van der Waals surface area contributed by atoms with Crippen LogP contribution >= 0.6 is 0 Å². The maximum absolute atomic E-state index is 12.2. The second-order valence-electron chi connectivity index (χ2n) is 9.31. The van der Waals surface area contributed by atoms with Crippen LogP contribution in [0, 0.1) is 11.8 Å².